The number of nitrogens with zero attached hydrogens (tertiary/aromatic N) is 1. The summed E-state index contributed by atoms with van der Waals surface area (Å²) in [7, 11) is 0. The lowest BCUT2D eigenvalue weighted by molar-refractivity contribution is 0.301. The zero-order valence-corrected chi connectivity index (χ0v) is 12.0. The molecular weight excluding hydrogens is 264 g/mol. The molecule has 1 aromatic heterocycles. The van der Waals surface area contributed by atoms with Crippen molar-refractivity contribution >= 4 is 11.0 Å². The van der Waals surface area contributed by atoms with Crippen LogP contribution in [0.5, 0.6) is 5.75 Å². The van der Waals surface area contributed by atoms with Gasteiger partial charge in [-0.05, 0) is 43.2 Å². The number of rotatable bonds is 5. The Hall–Kier alpha value is -2.49. The Morgan fingerprint density at radius 1 is 1.14 bits per heavy atom. The molecule has 4 nitrogen and oxygen atoms in total. The van der Waals surface area contributed by atoms with E-state index < -0.39 is 0 Å². The molecule has 21 heavy (non-hydrogen) atoms. The van der Waals surface area contributed by atoms with Crippen LogP contribution in [0.25, 0.3) is 11.0 Å². The van der Waals surface area contributed by atoms with E-state index in [9.17, 15) is 4.79 Å². The molecule has 0 unspecified atom stereocenters. The normalized spacial score (nSPS) is 10.9. The number of imidazole rings is 1. The molecule has 2 aromatic carbocycles. The highest BCUT2D eigenvalue weighted by Gasteiger charge is 2.05. The van der Waals surface area contributed by atoms with E-state index >= 15 is 0 Å². The Balaban J connectivity index is 1.62. The van der Waals surface area contributed by atoms with E-state index in [1.54, 1.807) is 4.57 Å². The van der Waals surface area contributed by atoms with Crippen LogP contribution in [0.2, 0.25) is 0 Å². The molecule has 0 aliphatic rings. The summed E-state index contributed by atoms with van der Waals surface area (Å²) in [5.41, 5.74) is 2.94. The van der Waals surface area contributed by atoms with Crippen LogP contribution in [-0.2, 0) is 6.54 Å². The zero-order chi connectivity index (χ0) is 14.7. The van der Waals surface area contributed by atoms with E-state index in [4.69, 9.17) is 4.74 Å². The van der Waals surface area contributed by atoms with Gasteiger partial charge in [-0.25, -0.2) is 4.79 Å². The Bertz CT molecular complexity index is 802. The van der Waals surface area contributed by atoms with E-state index in [-0.39, 0.29) is 5.69 Å². The van der Waals surface area contributed by atoms with Crippen LogP contribution in [0.4, 0.5) is 0 Å². The third-order valence-corrected chi connectivity index (χ3v) is 3.47. The molecular formula is C17H18N2O2. The van der Waals surface area contributed by atoms with Crippen molar-refractivity contribution in [3.8, 4) is 5.75 Å². The van der Waals surface area contributed by atoms with E-state index in [1.807, 2.05) is 55.5 Å². The summed E-state index contributed by atoms with van der Waals surface area (Å²) in [4.78, 5) is 14.8. The molecule has 0 saturated heterocycles. The molecule has 0 aliphatic carbocycles. The number of aryl methyl sites for hydroxylation is 2. The van der Waals surface area contributed by atoms with Gasteiger partial charge in [-0.2, -0.15) is 0 Å². The topological polar surface area (TPSA) is 47.0 Å². The van der Waals surface area contributed by atoms with Gasteiger partial charge in [0.15, 0.2) is 0 Å². The second kappa shape index (κ2) is 5.87. The predicted octanol–water partition coefficient (Wildman–Crippen LogP) is 3.11. The SMILES string of the molecule is Cc1cccc(OCCCn2c(=O)[nH]c3ccccc32)c1. The van der Waals surface area contributed by atoms with Gasteiger partial charge in [0.25, 0.3) is 0 Å². The van der Waals surface area contributed by atoms with Gasteiger partial charge in [0.1, 0.15) is 5.75 Å². The number of H-pyrrole nitrogens is 1. The molecule has 4 heteroatoms. The van der Waals surface area contributed by atoms with Crippen LogP contribution in [0, 0.1) is 6.92 Å². The Labute approximate surface area is 123 Å². The van der Waals surface area contributed by atoms with Gasteiger partial charge in [-0.1, -0.05) is 24.3 Å². The number of nitrogens with one attached hydrogen (secondary N) is 1. The van der Waals surface area contributed by atoms with Gasteiger partial charge in [-0.15, -0.1) is 0 Å². The number of aromatic amines is 1. The zero-order valence-electron chi connectivity index (χ0n) is 12.0. The highest BCUT2D eigenvalue weighted by molar-refractivity contribution is 5.74. The first-order valence-corrected chi connectivity index (χ1v) is 7.11. The van der Waals surface area contributed by atoms with Crippen LogP contribution in [-0.4, -0.2) is 16.2 Å². The van der Waals surface area contributed by atoms with Crippen molar-refractivity contribution in [2.75, 3.05) is 6.61 Å². The van der Waals surface area contributed by atoms with Crippen LogP contribution >= 0.6 is 0 Å². The maximum atomic E-state index is 11.9. The van der Waals surface area contributed by atoms with Crippen LogP contribution in [0.3, 0.4) is 0 Å². The smallest absolute Gasteiger partial charge is 0.326 e. The monoisotopic (exact) mass is 282 g/mol. The van der Waals surface area contributed by atoms with Crippen molar-refractivity contribution in [1.29, 1.82) is 0 Å². The van der Waals surface area contributed by atoms with Gasteiger partial charge in [0.05, 0.1) is 17.6 Å². The third-order valence-electron chi connectivity index (χ3n) is 3.47. The predicted molar refractivity (Wildman–Crippen MR) is 83.8 cm³/mol. The molecule has 3 aromatic rings. The second-order valence-corrected chi connectivity index (χ2v) is 5.12. The number of aromatic nitrogens is 2. The highest BCUT2D eigenvalue weighted by Crippen LogP contribution is 2.13. The van der Waals surface area contributed by atoms with Gasteiger partial charge in [0, 0.05) is 6.54 Å². The minimum Gasteiger partial charge on any atom is -0.494 e. The molecule has 3 rings (SSSR count). The van der Waals surface area contributed by atoms with Gasteiger partial charge in [-0.3, -0.25) is 4.57 Å². The van der Waals surface area contributed by atoms with Crippen molar-refractivity contribution in [2.45, 2.75) is 19.9 Å². The first-order valence-electron chi connectivity index (χ1n) is 7.11. The lowest BCUT2D eigenvalue weighted by Gasteiger charge is -2.07. The van der Waals surface area contributed by atoms with Crippen LogP contribution in [0.1, 0.15) is 12.0 Å². The maximum absolute atomic E-state index is 11.9. The van der Waals surface area contributed by atoms with E-state index in [0.717, 1.165) is 23.2 Å². The molecule has 0 spiro atoms. The first kappa shape index (κ1) is 13.5. The summed E-state index contributed by atoms with van der Waals surface area (Å²) in [6.45, 7) is 3.28. The number of hydrogen-bond acceptors (Lipinski definition) is 2. The fourth-order valence-electron chi connectivity index (χ4n) is 2.45. The summed E-state index contributed by atoms with van der Waals surface area (Å²) < 4.78 is 7.47. The second-order valence-electron chi connectivity index (χ2n) is 5.12. The van der Waals surface area contributed by atoms with E-state index in [0.29, 0.717) is 13.2 Å². The Kier molecular flexibility index (Phi) is 3.77. The molecule has 0 aliphatic heterocycles. The summed E-state index contributed by atoms with van der Waals surface area (Å²) in [6.07, 6.45) is 0.787. The maximum Gasteiger partial charge on any atom is 0.326 e. The highest BCUT2D eigenvalue weighted by atomic mass is 16.5. The summed E-state index contributed by atoms with van der Waals surface area (Å²) in [6, 6.07) is 15.7. The van der Waals surface area contributed by atoms with Crippen molar-refractivity contribution in [3.05, 3.63) is 64.6 Å². The molecule has 0 fully saturated rings. The number of hydrogen-bond donors (Lipinski definition) is 1. The Morgan fingerprint density at radius 2 is 2.00 bits per heavy atom. The minimum atomic E-state index is -0.0632. The Morgan fingerprint density at radius 3 is 2.86 bits per heavy atom. The molecule has 0 atom stereocenters. The number of para-hydroxylation sites is 2. The standard InChI is InChI=1S/C17H18N2O2/c1-13-6-4-7-14(12-13)21-11-5-10-19-16-9-3-2-8-15(16)18-17(19)20/h2-4,6-9,12H,5,10-11H2,1H3,(H,18,20). The number of benzene rings is 2. The van der Waals surface area contributed by atoms with Crippen molar-refractivity contribution in [1.82, 2.24) is 9.55 Å². The van der Waals surface area contributed by atoms with Gasteiger partial charge < -0.3 is 9.72 Å². The van der Waals surface area contributed by atoms with Crippen LogP contribution in [0.15, 0.2) is 53.3 Å². The first-order chi connectivity index (χ1) is 10.2. The average molecular weight is 282 g/mol. The molecule has 1 heterocycles. The van der Waals surface area contributed by atoms with Gasteiger partial charge >= 0.3 is 5.69 Å². The third kappa shape index (κ3) is 2.99. The summed E-state index contributed by atoms with van der Waals surface area (Å²) >= 11 is 0. The average Bonchev–Trinajstić information content (AvgIpc) is 2.79. The molecule has 108 valence electrons. The van der Waals surface area contributed by atoms with E-state index in [1.165, 1.54) is 5.56 Å². The fraction of sp³-hybridized carbons (Fsp3) is 0.235. The quantitative estimate of drug-likeness (QED) is 0.731. The largest absolute Gasteiger partial charge is 0.494 e. The van der Waals surface area contributed by atoms with Gasteiger partial charge in [0.2, 0.25) is 0 Å². The van der Waals surface area contributed by atoms with Crippen molar-refractivity contribution in [3.63, 3.8) is 0 Å². The molecule has 0 radical (unpaired) electrons. The van der Waals surface area contributed by atoms with Crippen LogP contribution < -0.4 is 10.4 Å². The molecule has 1 N–H and O–H groups in total. The lowest BCUT2D eigenvalue weighted by Crippen LogP contribution is -2.18. The van der Waals surface area contributed by atoms with Crippen molar-refractivity contribution < 1.29 is 4.74 Å². The number of fused-ring (bicyclic) bond motifs is 1. The molecule has 0 bridgehead atoms. The van der Waals surface area contributed by atoms with Crippen molar-refractivity contribution in [2.24, 2.45) is 0 Å². The summed E-state index contributed by atoms with van der Waals surface area (Å²) in [5, 5.41) is 0. The van der Waals surface area contributed by atoms with E-state index in [2.05, 4.69) is 4.98 Å². The lowest BCUT2D eigenvalue weighted by atomic mass is 10.2. The number of ether oxygens (including phenoxy) is 1. The fourth-order valence-corrected chi connectivity index (χ4v) is 2.45. The summed E-state index contributed by atoms with van der Waals surface area (Å²) in [5.74, 6) is 0.876. The molecule has 0 saturated carbocycles. The minimum absolute atomic E-state index is 0.0632. The molecule has 0 amide bonds.